The third-order valence-electron chi connectivity index (χ3n) is 1.85. The highest BCUT2D eigenvalue weighted by atomic mass is 79.9. The maximum absolute atomic E-state index is 11.0. The summed E-state index contributed by atoms with van der Waals surface area (Å²) in [5, 5.41) is 20.1. The molecule has 1 unspecified atom stereocenters. The number of nitrogens with zero attached hydrogens (tertiary/aromatic N) is 3. The van der Waals surface area contributed by atoms with Gasteiger partial charge in [0, 0.05) is 0 Å². The van der Waals surface area contributed by atoms with Gasteiger partial charge in [-0.3, -0.25) is 4.79 Å². The fraction of sp³-hybridized carbons (Fsp3) is 0.286. The van der Waals surface area contributed by atoms with E-state index in [0.717, 1.165) is 10.8 Å². The van der Waals surface area contributed by atoms with E-state index in [9.17, 15) is 20.0 Å². The van der Waals surface area contributed by atoms with Crippen LogP contribution in [-0.2, 0) is 17.4 Å². The lowest BCUT2D eigenvalue weighted by Gasteiger charge is -2.14. The number of aromatic nitrogens is 2. The number of imidazole rings is 1. The number of nitro groups is 1. The highest BCUT2D eigenvalue weighted by molar-refractivity contribution is 9.18. The monoisotopic (exact) mass is 276 g/mol. The molecule has 8 heteroatoms. The molecule has 1 aromatic rings. The van der Waals surface area contributed by atoms with Gasteiger partial charge in [0.1, 0.15) is 6.20 Å². The molecule has 0 spiro atoms. The zero-order chi connectivity index (χ0) is 11.8. The smallest absolute Gasteiger partial charge is 0.342 e. The molecule has 0 aliphatic rings. The Balaban J connectivity index is 3.29. The fourth-order valence-electron chi connectivity index (χ4n) is 1.04. The van der Waals surface area contributed by atoms with E-state index in [2.05, 4.69) is 27.8 Å². The molecule has 0 fully saturated rings. The fourth-order valence-corrected chi connectivity index (χ4v) is 1.22. The molecular formula is C7H7BrN3O4. The first-order chi connectivity index (χ1) is 6.78. The highest BCUT2D eigenvalue weighted by Crippen LogP contribution is 2.25. The number of rotatable bonds is 3. The Morgan fingerprint density at radius 2 is 2.40 bits per heavy atom. The van der Waals surface area contributed by atoms with Crippen molar-refractivity contribution in [3.05, 3.63) is 29.1 Å². The molecule has 0 aromatic carbocycles. The Morgan fingerprint density at radius 3 is 2.73 bits per heavy atom. The molecule has 0 aliphatic carbocycles. The van der Waals surface area contributed by atoms with E-state index in [4.69, 9.17) is 0 Å². The number of hydrogen-bond acceptors (Lipinski definition) is 5. The van der Waals surface area contributed by atoms with E-state index >= 15 is 0 Å². The summed E-state index contributed by atoms with van der Waals surface area (Å²) in [6.45, 7) is 3.23. The van der Waals surface area contributed by atoms with Gasteiger partial charge in [-0.05, 0) is 27.8 Å². The van der Waals surface area contributed by atoms with Crippen molar-refractivity contribution < 1.29 is 14.8 Å². The molecule has 81 valence electrons. The number of halogens is 1. The molecule has 1 N–H and O–H groups in total. The first-order valence-corrected chi connectivity index (χ1v) is 4.52. The van der Waals surface area contributed by atoms with Crippen LogP contribution in [0.15, 0.2) is 6.20 Å². The number of carbonyl (C=O) groups excluding carboxylic acids is 1. The average molecular weight is 277 g/mol. The first-order valence-electron chi connectivity index (χ1n) is 3.72. The number of hydrogen-bond donors (Lipinski definition) is 1. The molecule has 0 saturated heterocycles. The highest BCUT2D eigenvalue weighted by Gasteiger charge is 2.39. The summed E-state index contributed by atoms with van der Waals surface area (Å²) in [7, 11) is 1.31. The Bertz CT molecular complexity index is 426. The van der Waals surface area contributed by atoms with Crippen LogP contribution in [0.3, 0.4) is 0 Å². The van der Waals surface area contributed by atoms with Crippen LogP contribution in [0.25, 0.3) is 0 Å². The van der Waals surface area contributed by atoms with E-state index in [1.807, 2.05) is 0 Å². The minimum absolute atomic E-state index is 0.198. The molecule has 1 aromatic heterocycles. The molecule has 1 radical (unpaired) electrons. The molecule has 7 nitrogen and oxygen atoms in total. The number of carbonyl (C=O) groups is 1. The van der Waals surface area contributed by atoms with Crippen molar-refractivity contribution in [2.45, 2.75) is 5.60 Å². The molecule has 0 saturated carbocycles. The van der Waals surface area contributed by atoms with Crippen LogP contribution < -0.4 is 0 Å². The molecule has 0 amide bonds. The van der Waals surface area contributed by atoms with Crippen LogP contribution >= 0.6 is 15.9 Å². The molecule has 1 atom stereocenters. The van der Waals surface area contributed by atoms with Gasteiger partial charge in [-0.2, -0.15) is 0 Å². The Morgan fingerprint density at radius 1 is 1.87 bits per heavy atom. The summed E-state index contributed by atoms with van der Waals surface area (Å²) in [5.74, 6) is -0.531. The maximum Gasteiger partial charge on any atom is 0.342 e. The largest absolute Gasteiger partial charge is 0.372 e. The normalized spacial score (nSPS) is 14.7. The lowest BCUT2D eigenvalue weighted by molar-refractivity contribution is -0.392. The van der Waals surface area contributed by atoms with E-state index in [-0.39, 0.29) is 11.6 Å². The number of aliphatic hydroxyl groups is 1. The summed E-state index contributed by atoms with van der Waals surface area (Å²) in [6.07, 6.45) is 0.946. The summed E-state index contributed by atoms with van der Waals surface area (Å²) in [5.41, 5.74) is -2.14. The molecule has 1 heterocycles. The second-order valence-electron chi connectivity index (χ2n) is 2.89. The zero-order valence-corrected chi connectivity index (χ0v) is 9.26. The molecule has 1 rings (SSSR count). The van der Waals surface area contributed by atoms with Crippen molar-refractivity contribution >= 4 is 26.4 Å². The first kappa shape index (κ1) is 11.8. The van der Waals surface area contributed by atoms with Gasteiger partial charge < -0.3 is 15.2 Å². The Kier molecular flexibility index (Phi) is 2.91. The van der Waals surface area contributed by atoms with Gasteiger partial charge in [-0.15, -0.1) is 0 Å². The third kappa shape index (κ3) is 1.90. The average Bonchev–Trinajstić information content (AvgIpc) is 2.46. The SMILES string of the molecule is [CH2]C(O)(C(=O)Br)c1ncc([N+](=O)[O-])n1C. The second-order valence-corrected chi connectivity index (χ2v) is 3.61. The molecule has 0 aliphatic heterocycles. The second kappa shape index (κ2) is 3.70. The van der Waals surface area contributed by atoms with Crippen molar-refractivity contribution in [2.75, 3.05) is 0 Å². The lowest BCUT2D eigenvalue weighted by Crippen LogP contribution is -2.32. The minimum atomic E-state index is -2.14. The molecule has 15 heavy (non-hydrogen) atoms. The van der Waals surface area contributed by atoms with E-state index in [0.29, 0.717) is 0 Å². The summed E-state index contributed by atoms with van der Waals surface area (Å²) in [6, 6.07) is 0. The predicted molar refractivity (Wildman–Crippen MR) is 53.1 cm³/mol. The van der Waals surface area contributed by atoms with Gasteiger partial charge in [-0.1, -0.05) is 0 Å². The van der Waals surface area contributed by atoms with Gasteiger partial charge in [0.15, 0.2) is 0 Å². The third-order valence-corrected chi connectivity index (χ3v) is 2.50. The summed E-state index contributed by atoms with van der Waals surface area (Å²) < 4.78 is 0.171. The van der Waals surface area contributed by atoms with E-state index in [1.54, 1.807) is 0 Å². The Hall–Kier alpha value is -1.28. The summed E-state index contributed by atoms with van der Waals surface area (Å²) >= 11 is 2.54. The van der Waals surface area contributed by atoms with Crippen molar-refractivity contribution in [2.24, 2.45) is 7.05 Å². The van der Waals surface area contributed by atoms with Crippen molar-refractivity contribution in [3.63, 3.8) is 0 Å². The standard InChI is InChI=1S/C7H7BrN3O4/c1-7(13,5(8)12)6-9-3-4(10(6)2)11(14)15/h3,13H,1H2,2H3. The van der Waals surface area contributed by atoms with Gasteiger partial charge >= 0.3 is 5.82 Å². The quantitative estimate of drug-likeness (QED) is 0.486. The Labute approximate surface area is 93.0 Å². The van der Waals surface area contributed by atoms with E-state index < -0.39 is 15.2 Å². The van der Waals surface area contributed by atoms with Crippen LogP contribution in [-0.4, -0.2) is 24.3 Å². The van der Waals surface area contributed by atoms with Crippen LogP contribution in [0, 0.1) is 17.0 Å². The van der Waals surface area contributed by atoms with Gasteiger partial charge in [-0.25, -0.2) is 9.55 Å². The van der Waals surface area contributed by atoms with Crippen molar-refractivity contribution in [1.82, 2.24) is 9.55 Å². The van der Waals surface area contributed by atoms with Crippen LogP contribution in [0.4, 0.5) is 5.82 Å². The molecular weight excluding hydrogens is 270 g/mol. The predicted octanol–water partition coefficient (Wildman–Crippen LogP) is 0.271. The van der Waals surface area contributed by atoms with E-state index in [1.165, 1.54) is 7.05 Å². The maximum atomic E-state index is 11.0. The van der Waals surface area contributed by atoms with Crippen LogP contribution in [0.5, 0.6) is 0 Å². The van der Waals surface area contributed by atoms with Crippen molar-refractivity contribution in [1.29, 1.82) is 0 Å². The lowest BCUT2D eigenvalue weighted by atomic mass is 10.1. The molecule has 0 bridgehead atoms. The topological polar surface area (TPSA) is 98.3 Å². The van der Waals surface area contributed by atoms with Crippen molar-refractivity contribution in [3.8, 4) is 0 Å². The van der Waals surface area contributed by atoms with Gasteiger partial charge in [0.2, 0.25) is 16.1 Å². The minimum Gasteiger partial charge on any atom is -0.372 e. The van der Waals surface area contributed by atoms with Gasteiger partial charge in [0.25, 0.3) is 0 Å². The van der Waals surface area contributed by atoms with Crippen LogP contribution in [0.2, 0.25) is 0 Å². The van der Waals surface area contributed by atoms with Gasteiger partial charge in [0.05, 0.1) is 7.05 Å². The zero-order valence-electron chi connectivity index (χ0n) is 7.68. The summed E-state index contributed by atoms with van der Waals surface area (Å²) in [4.78, 5) is 24.4. The van der Waals surface area contributed by atoms with Crippen LogP contribution in [0.1, 0.15) is 5.82 Å².